The van der Waals surface area contributed by atoms with Gasteiger partial charge in [0.2, 0.25) is 0 Å². The molecular formula is C18H21N5O2S. The van der Waals surface area contributed by atoms with Crippen molar-refractivity contribution in [1.82, 2.24) is 24.9 Å². The van der Waals surface area contributed by atoms with Gasteiger partial charge >= 0.3 is 0 Å². The van der Waals surface area contributed by atoms with Crippen LogP contribution in [0.15, 0.2) is 33.9 Å². The molecule has 0 amide bonds. The molecule has 3 heterocycles. The monoisotopic (exact) mass is 371 g/mol. The standard InChI is InChI=1S/C18H21N5O2S/c1-3-23-16(14-8-5-9-24-14)20-21-18(23)26-11-15-19-17(25-22-15)13-7-4-6-12(2)10-13/h4,6-7,10,14H,3,5,8-9,11H2,1-2H3. The van der Waals surface area contributed by atoms with Crippen molar-refractivity contribution in [2.75, 3.05) is 6.61 Å². The van der Waals surface area contributed by atoms with Crippen LogP contribution in [0.25, 0.3) is 11.5 Å². The smallest absolute Gasteiger partial charge is 0.257 e. The van der Waals surface area contributed by atoms with E-state index in [0.29, 0.717) is 17.5 Å². The lowest BCUT2D eigenvalue weighted by Crippen LogP contribution is -2.08. The molecule has 0 bridgehead atoms. The molecular weight excluding hydrogens is 350 g/mol. The molecule has 1 aliphatic rings. The highest BCUT2D eigenvalue weighted by Gasteiger charge is 2.25. The van der Waals surface area contributed by atoms with Crippen molar-refractivity contribution in [3.8, 4) is 11.5 Å². The third-order valence-electron chi connectivity index (χ3n) is 4.34. The minimum absolute atomic E-state index is 0.0647. The van der Waals surface area contributed by atoms with Gasteiger partial charge in [0.15, 0.2) is 16.8 Å². The summed E-state index contributed by atoms with van der Waals surface area (Å²) >= 11 is 1.56. The van der Waals surface area contributed by atoms with Gasteiger partial charge in [0.1, 0.15) is 6.10 Å². The van der Waals surface area contributed by atoms with Crippen molar-refractivity contribution in [3.05, 3.63) is 41.5 Å². The lowest BCUT2D eigenvalue weighted by Gasteiger charge is -2.11. The zero-order valence-corrected chi connectivity index (χ0v) is 15.7. The molecule has 7 nitrogen and oxygen atoms in total. The van der Waals surface area contributed by atoms with Gasteiger partial charge in [0.25, 0.3) is 5.89 Å². The number of nitrogens with zero attached hydrogens (tertiary/aromatic N) is 5. The van der Waals surface area contributed by atoms with Crippen LogP contribution in [0.1, 0.15) is 43.1 Å². The van der Waals surface area contributed by atoms with E-state index in [0.717, 1.165) is 48.1 Å². The number of hydrogen-bond donors (Lipinski definition) is 0. The van der Waals surface area contributed by atoms with Gasteiger partial charge in [0, 0.05) is 18.7 Å². The Bertz CT molecular complexity index is 885. The van der Waals surface area contributed by atoms with Crippen molar-refractivity contribution >= 4 is 11.8 Å². The molecule has 1 aliphatic heterocycles. The van der Waals surface area contributed by atoms with Gasteiger partial charge < -0.3 is 13.8 Å². The molecule has 1 unspecified atom stereocenters. The SMILES string of the molecule is CCn1c(SCc2noc(-c3cccc(C)c3)n2)nnc1C1CCCO1. The van der Waals surface area contributed by atoms with Crippen LogP contribution in [0.2, 0.25) is 0 Å². The van der Waals surface area contributed by atoms with E-state index >= 15 is 0 Å². The van der Waals surface area contributed by atoms with E-state index in [1.54, 1.807) is 11.8 Å². The Labute approximate surface area is 156 Å². The first-order valence-corrected chi connectivity index (χ1v) is 9.80. The third kappa shape index (κ3) is 3.52. The average Bonchev–Trinajstić information content (AvgIpc) is 3.39. The van der Waals surface area contributed by atoms with Crippen molar-refractivity contribution in [3.63, 3.8) is 0 Å². The van der Waals surface area contributed by atoms with Gasteiger partial charge in [0.05, 0.1) is 5.75 Å². The maximum absolute atomic E-state index is 5.75. The minimum Gasteiger partial charge on any atom is -0.370 e. The number of aryl methyl sites for hydroxylation is 1. The fourth-order valence-corrected chi connectivity index (χ4v) is 3.91. The molecule has 0 N–H and O–H groups in total. The Morgan fingerprint density at radius 3 is 3.00 bits per heavy atom. The number of ether oxygens (including phenoxy) is 1. The number of thioether (sulfide) groups is 1. The van der Waals surface area contributed by atoms with Crippen LogP contribution in [0.5, 0.6) is 0 Å². The fraction of sp³-hybridized carbons (Fsp3) is 0.444. The second-order valence-corrected chi connectivity index (χ2v) is 7.20. The van der Waals surface area contributed by atoms with Crippen LogP contribution in [-0.4, -0.2) is 31.5 Å². The zero-order valence-electron chi connectivity index (χ0n) is 14.9. The molecule has 2 aromatic heterocycles. The van der Waals surface area contributed by atoms with E-state index in [1.807, 2.05) is 31.2 Å². The summed E-state index contributed by atoms with van der Waals surface area (Å²) in [4.78, 5) is 4.50. The van der Waals surface area contributed by atoms with E-state index in [2.05, 4.69) is 31.8 Å². The summed E-state index contributed by atoms with van der Waals surface area (Å²) in [6.45, 7) is 5.75. The number of aromatic nitrogens is 5. The summed E-state index contributed by atoms with van der Waals surface area (Å²) in [5.74, 6) is 2.69. The molecule has 0 radical (unpaired) electrons. The molecule has 1 saturated heterocycles. The summed E-state index contributed by atoms with van der Waals surface area (Å²) < 4.78 is 13.3. The van der Waals surface area contributed by atoms with Crippen LogP contribution in [0.3, 0.4) is 0 Å². The van der Waals surface area contributed by atoms with Crippen LogP contribution in [0, 0.1) is 6.92 Å². The third-order valence-corrected chi connectivity index (χ3v) is 5.31. The summed E-state index contributed by atoms with van der Waals surface area (Å²) in [5, 5.41) is 13.6. The van der Waals surface area contributed by atoms with Crippen LogP contribution < -0.4 is 0 Å². The summed E-state index contributed by atoms with van der Waals surface area (Å²) in [5.41, 5.74) is 2.10. The highest BCUT2D eigenvalue weighted by molar-refractivity contribution is 7.98. The first kappa shape index (κ1) is 17.2. The van der Waals surface area contributed by atoms with E-state index in [1.165, 1.54) is 0 Å². The molecule has 3 aromatic rings. The first-order valence-electron chi connectivity index (χ1n) is 8.81. The van der Waals surface area contributed by atoms with Crippen molar-refractivity contribution in [1.29, 1.82) is 0 Å². The van der Waals surface area contributed by atoms with Crippen molar-refractivity contribution < 1.29 is 9.26 Å². The molecule has 4 rings (SSSR count). The van der Waals surface area contributed by atoms with Gasteiger partial charge in [-0.25, -0.2) is 0 Å². The molecule has 136 valence electrons. The second-order valence-electron chi connectivity index (χ2n) is 6.26. The summed E-state index contributed by atoms with van der Waals surface area (Å²) in [6, 6.07) is 8.03. The average molecular weight is 371 g/mol. The molecule has 1 atom stereocenters. The molecule has 26 heavy (non-hydrogen) atoms. The molecule has 0 saturated carbocycles. The van der Waals surface area contributed by atoms with Gasteiger partial charge in [-0.2, -0.15) is 4.98 Å². The van der Waals surface area contributed by atoms with E-state index in [9.17, 15) is 0 Å². The highest BCUT2D eigenvalue weighted by atomic mass is 32.2. The predicted octanol–water partition coefficient (Wildman–Crippen LogP) is 3.80. The van der Waals surface area contributed by atoms with Gasteiger partial charge in [-0.05, 0) is 38.8 Å². The molecule has 1 aromatic carbocycles. The quantitative estimate of drug-likeness (QED) is 0.610. The van der Waals surface area contributed by atoms with Crippen molar-refractivity contribution in [2.45, 2.75) is 50.2 Å². The topological polar surface area (TPSA) is 78.9 Å². The van der Waals surface area contributed by atoms with Crippen molar-refractivity contribution in [2.24, 2.45) is 0 Å². The van der Waals surface area contributed by atoms with E-state index in [-0.39, 0.29) is 6.10 Å². The lowest BCUT2D eigenvalue weighted by molar-refractivity contribution is 0.101. The maximum atomic E-state index is 5.75. The largest absolute Gasteiger partial charge is 0.370 e. The van der Waals surface area contributed by atoms with Gasteiger partial charge in [-0.1, -0.05) is 34.6 Å². The highest BCUT2D eigenvalue weighted by Crippen LogP contribution is 2.30. The Morgan fingerprint density at radius 1 is 1.31 bits per heavy atom. The van der Waals surface area contributed by atoms with Crippen LogP contribution >= 0.6 is 11.8 Å². The Balaban J connectivity index is 1.46. The minimum atomic E-state index is 0.0647. The predicted molar refractivity (Wildman–Crippen MR) is 97.7 cm³/mol. The number of benzene rings is 1. The summed E-state index contributed by atoms with van der Waals surface area (Å²) in [7, 11) is 0. The first-order chi connectivity index (χ1) is 12.7. The van der Waals surface area contributed by atoms with E-state index < -0.39 is 0 Å². The molecule has 0 aliphatic carbocycles. The fourth-order valence-electron chi connectivity index (χ4n) is 3.06. The Kier molecular flexibility index (Phi) is 5.03. The number of rotatable bonds is 6. The zero-order chi connectivity index (χ0) is 17.9. The normalized spacial score (nSPS) is 17.1. The Morgan fingerprint density at radius 2 is 2.23 bits per heavy atom. The van der Waals surface area contributed by atoms with E-state index in [4.69, 9.17) is 9.26 Å². The lowest BCUT2D eigenvalue weighted by atomic mass is 10.1. The van der Waals surface area contributed by atoms with Gasteiger partial charge in [-0.15, -0.1) is 10.2 Å². The molecule has 0 spiro atoms. The molecule has 8 heteroatoms. The van der Waals surface area contributed by atoms with Gasteiger partial charge in [-0.3, -0.25) is 0 Å². The Hall–Kier alpha value is -2.19. The second kappa shape index (κ2) is 7.59. The molecule has 1 fully saturated rings. The van der Waals surface area contributed by atoms with Crippen LogP contribution in [0.4, 0.5) is 0 Å². The number of hydrogen-bond acceptors (Lipinski definition) is 7. The summed E-state index contributed by atoms with van der Waals surface area (Å²) in [6.07, 6.45) is 2.15. The van der Waals surface area contributed by atoms with Crippen LogP contribution in [-0.2, 0) is 17.0 Å². The maximum Gasteiger partial charge on any atom is 0.257 e.